The number of rotatable bonds is 2. The van der Waals surface area contributed by atoms with Crippen LogP contribution in [0, 0.1) is 11.8 Å². The van der Waals surface area contributed by atoms with E-state index in [2.05, 4.69) is 13.2 Å². The number of epoxide rings is 1. The van der Waals surface area contributed by atoms with E-state index in [1.165, 1.54) is 0 Å². The van der Waals surface area contributed by atoms with Crippen LogP contribution < -0.4 is 0 Å². The van der Waals surface area contributed by atoms with Crippen molar-refractivity contribution in [1.29, 1.82) is 0 Å². The number of hydrogen-bond acceptors (Lipinski definition) is 6. The Bertz CT molecular complexity index is 766. The Labute approximate surface area is 152 Å². The van der Waals surface area contributed by atoms with Crippen LogP contribution in [0.5, 0.6) is 0 Å². The molecule has 7 atom stereocenters. The van der Waals surface area contributed by atoms with E-state index < -0.39 is 47.2 Å². The number of carbonyl (C=O) groups excluding carboxylic acids is 2. The maximum absolute atomic E-state index is 12.3. The molecule has 1 N–H and O–H groups in total. The second-order valence-corrected chi connectivity index (χ2v) is 8.04. The molecule has 0 aromatic rings. The summed E-state index contributed by atoms with van der Waals surface area (Å²) < 4.78 is 17.1. The Morgan fingerprint density at radius 3 is 2.77 bits per heavy atom. The second kappa shape index (κ2) is 5.30. The molecule has 0 unspecified atom stereocenters. The topological polar surface area (TPSA) is 85.4 Å². The summed E-state index contributed by atoms with van der Waals surface area (Å²) in [6, 6.07) is 0. The zero-order valence-corrected chi connectivity index (χ0v) is 15.3. The van der Waals surface area contributed by atoms with Crippen molar-refractivity contribution in [3.8, 4) is 0 Å². The summed E-state index contributed by atoms with van der Waals surface area (Å²) in [7, 11) is 0. The molecule has 2 saturated carbocycles. The minimum absolute atomic E-state index is 0.0770. The van der Waals surface area contributed by atoms with Crippen molar-refractivity contribution in [1.82, 2.24) is 0 Å². The highest BCUT2D eigenvalue weighted by atomic mass is 16.6. The standard InChI is InChI=1S/C20H24O6/c1-6-9(2)17(21)24-12-7-10(3)20(23)8-13-19(5,26-13)16(20)15-14(12)11(4)18(22)25-15/h6,12-16,23H,3-4,7-8H2,1-2,5H3/b9-6+/t12-,13+,14+,15-,16-,19+,20+/m0/s1. The first-order valence-electron chi connectivity index (χ1n) is 8.95. The average Bonchev–Trinajstić information content (AvgIpc) is 3.05. The van der Waals surface area contributed by atoms with E-state index in [4.69, 9.17) is 14.2 Å². The molecule has 0 aromatic carbocycles. The molecule has 6 nitrogen and oxygen atoms in total. The number of aliphatic hydroxyl groups is 1. The van der Waals surface area contributed by atoms with Gasteiger partial charge < -0.3 is 19.3 Å². The quantitative estimate of drug-likeness (QED) is 0.350. The third-order valence-corrected chi connectivity index (χ3v) is 6.67. The third-order valence-electron chi connectivity index (χ3n) is 6.67. The highest BCUT2D eigenvalue weighted by Crippen LogP contribution is 2.65. The lowest BCUT2D eigenvalue weighted by molar-refractivity contribution is -0.152. The number of esters is 2. The maximum Gasteiger partial charge on any atom is 0.334 e. The van der Waals surface area contributed by atoms with Crippen LogP contribution in [-0.2, 0) is 23.8 Å². The summed E-state index contributed by atoms with van der Waals surface area (Å²) in [4.78, 5) is 24.6. The molecule has 0 amide bonds. The molecule has 140 valence electrons. The molecule has 0 bridgehead atoms. The molecule has 0 radical (unpaired) electrons. The van der Waals surface area contributed by atoms with Crippen LogP contribution in [0.4, 0.5) is 0 Å². The number of fused-ring (bicyclic) bond motifs is 5. The normalized spacial score (nSPS) is 46.8. The molecular weight excluding hydrogens is 336 g/mol. The lowest BCUT2D eigenvalue weighted by Crippen LogP contribution is -2.49. The summed E-state index contributed by atoms with van der Waals surface area (Å²) >= 11 is 0. The highest BCUT2D eigenvalue weighted by Gasteiger charge is 2.77. The third kappa shape index (κ3) is 2.12. The predicted octanol–water partition coefficient (Wildman–Crippen LogP) is 1.83. The van der Waals surface area contributed by atoms with Crippen molar-refractivity contribution in [3.63, 3.8) is 0 Å². The van der Waals surface area contributed by atoms with Crippen LogP contribution in [0.1, 0.15) is 33.6 Å². The van der Waals surface area contributed by atoms with E-state index in [9.17, 15) is 14.7 Å². The average molecular weight is 360 g/mol. The van der Waals surface area contributed by atoms with E-state index in [0.717, 1.165) is 0 Å². The Balaban J connectivity index is 1.75. The van der Waals surface area contributed by atoms with Gasteiger partial charge in [-0.1, -0.05) is 19.2 Å². The van der Waals surface area contributed by atoms with Crippen molar-refractivity contribution in [2.45, 2.75) is 63.1 Å². The fourth-order valence-electron chi connectivity index (χ4n) is 4.96. The van der Waals surface area contributed by atoms with E-state index in [-0.39, 0.29) is 18.1 Å². The van der Waals surface area contributed by atoms with Gasteiger partial charge in [0, 0.05) is 24.0 Å². The molecule has 2 aliphatic heterocycles. The van der Waals surface area contributed by atoms with E-state index in [1.807, 2.05) is 6.92 Å². The smallest absolute Gasteiger partial charge is 0.334 e. The molecule has 2 heterocycles. The van der Waals surface area contributed by atoms with Crippen molar-refractivity contribution >= 4 is 11.9 Å². The van der Waals surface area contributed by atoms with Crippen LogP contribution in [0.2, 0.25) is 0 Å². The molecule has 4 fully saturated rings. The van der Waals surface area contributed by atoms with Crippen molar-refractivity contribution < 1.29 is 28.9 Å². The van der Waals surface area contributed by atoms with Gasteiger partial charge in [0.1, 0.15) is 17.8 Å². The van der Waals surface area contributed by atoms with Crippen molar-refractivity contribution in [3.05, 3.63) is 36.0 Å². The molecular formula is C20H24O6. The molecule has 4 rings (SSSR count). The monoisotopic (exact) mass is 360 g/mol. The summed E-state index contributed by atoms with van der Waals surface area (Å²) in [6.07, 6.45) is 0.948. The lowest BCUT2D eigenvalue weighted by atomic mass is 9.75. The van der Waals surface area contributed by atoms with Gasteiger partial charge in [0.05, 0.1) is 23.5 Å². The summed E-state index contributed by atoms with van der Waals surface area (Å²) in [6.45, 7) is 13.3. The van der Waals surface area contributed by atoms with E-state index >= 15 is 0 Å². The van der Waals surface area contributed by atoms with Crippen molar-refractivity contribution in [2.24, 2.45) is 11.8 Å². The van der Waals surface area contributed by atoms with Gasteiger partial charge in [-0.15, -0.1) is 0 Å². The number of hydrogen-bond donors (Lipinski definition) is 1. The number of allylic oxidation sites excluding steroid dienone is 1. The van der Waals surface area contributed by atoms with Crippen LogP contribution >= 0.6 is 0 Å². The van der Waals surface area contributed by atoms with Gasteiger partial charge in [0.25, 0.3) is 0 Å². The first-order valence-corrected chi connectivity index (χ1v) is 8.95. The van der Waals surface area contributed by atoms with Gasteiger partial charge in [0.15, 0.2) is 0 Å². The molecule has 6 heteroatoms. The van der Waals surface area contributed by atoms with Crippen LogP contribution in [-0.4, -0.2) is 46.6 Å². The Morgan fingerprint density at radius 1 is 1.42 bits per heavy atom. The van der Waals surface area contributed by atoms with Gasteiger partial charge in [-0.3, -0.25) is 0 Å². The van der Waals surface area contributed by atoms with E-state index in [1.54, 1.807) is 19.9 Å². The van der Waals surface area contributed by atoms with Gasteiger partial charge in [-0.05, 0) is 26.3 Å². The van der Waals surface area contributed by atoms with Gasteiger partial charge in [-0.2, -0.15) is 0 Å². The largest absolute Gasteiger partial charge is 0.458 e. The fraction of sp³-hybridized carbons (Fsp3) is 0.600. The molecule has 0 aromatic heterocycles. The van der Waals surface area contributed by atoms with Gasteiger partial charge in [0.2, 0.25) is 0 Å². The first-order chi connectivity index (χ1) is 12.1. The Kier molecular flexibility index (Phi) is 3.57. The molecule has 0 spiro atoms. The highest BCUT2D eigenvalue weighted by molar-refractivity contribution is 5.92. The number of carbonyl (C=O) groups is 2. The summed E-state index contributed by atoms with van der Waals surface area (Å²) in [5, 5.41) is 11.4. The second-order valence-electron chi connectivity index (χ2n) is 8.04. The minimum Gasteiger partial charge on any atom is -0.458 e. The van der Waals surface area contributed by atoms with Gasteiger partial charge >= 0.3 is 11.9 Å². The Morgan fingerprint density at radius 2 is 2.12 bits per heavy atom. The maximum atomic E-state index is 12.3. The molecule has 26 heavy (non-hydrogen) atoms. The zero-order chi connectivity index (χ0) is 19.0. The molecule has 2 aliphatic carbocycles. The van der Waals surface area contributed by atoms with Crippen LogP contribution in [0.15, 0.2) is 36.0 Å². The van der Waals surface area contributed by atoms with Crippen LogP contribution in [0.25, 0.3) is 0 Å². The fourth-order valence-corrected chi connectivity index (χ4v) is 4.96. The zero-order valence-electron chi connectivity index (χ0n) is 15.3. The summed E-state index contributed by atoms with van der Waals surface area (Å²) in [5.41, 5.74) is -0.431. The van der Waals surface area contributed by atoms with Gasteiger partial charge in [-0.25, -0.2) is 9.59 Å². The molecule has 2 saturated heterocycles. The van der Waals surface area contributed by atoms with Crippen molar-refractivity contribution in [2.75, 3.05) is 0 Å². The Hall–Kier alpha value is -1.92. The first kappa shape index (κ1) is 17.5. The predicted molar refractivity (Wildman–Crippen MR) is 91.9 cm³/mol. The molecule has 4 aliphatic rings. The lowest BCUT2D eigenvalue weighted by Gasteiger charge is -2.37. The number of ether oxygens (including phenoxy) is 3. The van der Waals surface area contributed by atoms with Crippen LogP contribution in [0.3, 0.4) is 0 Å². The summed E-state index contributed by atoms with van der Waals surface area (Å²) in [5.74, 6) is -1.94. The minimum atomic E-state index is -1.21. The SMILES string of the molecule is C=C1C(=O)O[C@H]2[C@H]1[C@@H](OC(=O)/C(C)=C/C)CC(=C)[C@]1(O)C[C@H]3O[C@@]3(C)[C@H]21. The van der Waals surface area contributed by atoms with E-state index in [0.29, 0.717) is 17.6 Å².